The van der Waals surface area contributed by atoms with Gasteiger partial charge in [-0.3, -0.25) is 4.79 Å². The van der Waals surface area contributed by atoms with Crippen molar-refractivity contribution >= 4 is 17.3 Å². The minimum absolute atomic E-state index is 0.0842. The standard InChI is InChI=1S/C25H34N4O/c1-16(24(27)23-21(18-11-12-18)9-4-10-22(23)28-2)25(30)29-19-7-3-6-17(14-19)15-20(29)8-5-13-26/h4,9-10,16-20,27-28H,3,5-8,11-12,14-15H2,1-2H3. The quantitative estimate of drug-likeness (QED) is 0.620. The van der Waals surface area contributed by atoms with E-state index in [4.69, 9.17) is 10.7 Å². The molecule has 3 fully saturated rings. The minimum atomic E-state index is -0.472. The summed E-state index contributed by atoms with van der Waals surface area (Å²) in [6, 6.07) is 8.89. The maximum absolute atomic E-state index is 13.8. The van der Waals surface area contributed by atoms with Crippen LogP contribution in [0.4, 0.5) is 5.69 Å². The van der Waals surface area contributed by atoms with Crippen LogP contribution < -0.4 is 5.32 Å². The van der Waals surface area contributed by atoms with Crippen LogP contribution in [0.3, 0.4) is 0 Å². The summed E-state index contributed by atoms with van der Waals surface area (Å²) in [5, 5.41) is 21.4. The summed E-state index contributed by atoms with van der Waals surface area (Å²) < 4.78 is 0. The fourth-order valence-corrected chi connectivity index (χ4v) is 5.75. The fourth-order valence-electron chi connectivity index (χ4n) is 5.75. The summed E-state index contributed by atoms with van der Waals surface area (Å²) in [7, 11) is 1.89. The molecule has 2 saturated carbocycles. The van der Waals surface area contributed by atoms with Gasteiger partial charge in [0.1, 0.15) is 0 Å². The zero-order valence-corrected chi connectivity index (χ0v) is 18.3. The lowest BCUT2D eigenvalue weighted by Gasteiger charge is -2.49. The van der Waals surface area contributed by atoms with E-state index < -0.39 is 5.92 Å². The van der Waals surface area contributed by atoms with Gasteiger partial charge in [0.05, 0.1) is 17.7 Å². The molecule has 1 heterocycles. The van der Waals surface area contributed by atoms with Crippen LogP contribution in [-0.2, 0) is 4.79 Å². The van der Waals surface area contributed by atoms with Crippen LogP contribution in [0, 0.1) is 28.6 Å². The SMILES string of the molecule is CNc1cccc(C2CC2)c1C(=N)C(C)C(=O)N1C(CCC#N)CC2CCCC1C2. The first-order chi connectivity index (χ1) is 14.5. The molecule has 0 radical (unpaired) electrons. The number of hydrogen-bond donors (Lipinski definition) is 2. The summed E-state index contributed by atoms with van der Waals surface area (Å²) >= 11 is 0. The van der Waals surface area contributed by atoms with Gasteiger partial charge in [0.2, 0.25) is 5.91 Å². The molecule has 2 aliphatic carbocycles. The Labute approximate surface area is 180 Å². The van der Waals surface area contributed by atoms with Gasteiger partial charge >= 0.3 is 0 Å². The van der Waals surface area contributed by atoms with E-state index in [1.807, 2.05) is 26.1 Å². The minimum Gasteiger partial charge on any atom is -0.388 e. The van der Waals surface area contributed by atoms with E-state index in [9.17, 15) is 4.79 Å². The van der Waals surface area contributed by atoms with Crippen LogP contribution in [0.2, 0.25) is 0 Å². The summed E-state index contributed by atoms with van der Waals surface area (Å²) in [5.41, 5.74) is 3.52. The Hall–Kier alpha value is -2.35. The smallest absolute Gasteiger partial charge is 0.231 e. The topological polar surface area (TPSA) is 80.0 Å². The van der Waals surface area contributed by atoms with E-state index in [0.717, 1.165) is 36.9 Å². The maximum atomic E-state index is 13.8. The number of nitriles is 1. The second-order valence-electron chi connectivity index (χ2n) is 9.45. The molecule has 1 saturated heterocycles. The predicted octanol–water partition coefficient (Wildman–Crippen LogP) is 5.07. The largest absolute Gasteiger partial charge is 0.388 e. The Bertz CT molecular complexity index is 853. The third-order valence-corrected chi connectivity index (χ3v) is 7.45. The number of likely N-dealkylation sites (tertiary alicyclic amines) is 1. The van der Waals surface area contributed by atoms with E-state index in [0.29, 0.717) is 24.0 Å². The lowest BCUT2D eigenvalue weighted by molar-refractivity contribution is -0.143. The van der Waals surface area contributed by atoms with Gasteiger partial charge < -0.3 is 15.6 Å². The molecule has 1 aliphatic heterocycles. The first kappa shape index (κ1) is 20.9. The van der Waals surface area contributed by atoms with Gasteiger partial charge in [0.25, 0.3) is 0 Å². The van der Waals surface area contributed by atoms with E-state index in [1.165, 1.54) is 31.2 Å². The number of benzene rings is 1. The number of nitrogens with zero attached hydrogens (tertiary/aromatic N) is 2. The molecule has 5 heteroatoms. The number of fused-ring (bicyclic) bond motifs is 2. The van der Waals surface area contributed by atoms with E-state index in [-0.39, 0.29) is 18.0 Å². The zero-order chi connectivity index (χ0) is 21.3. The normalized spacial score (nSPS) is 26.6. The molecule has 4 atom stereocenters. The number of anilines is 1. The number of amides is 1. The summed E-state index contributed by atoms with van der Waals surface area (Å²) in [4.78, 5) is 15.9. The first-order valence-corrected chi connectivity index (χ1v) is 11.6. The number of piperidine rings is 1. The molecular formula is C25H34N4O. The predicted molar refractivity (Wildman–Crippen MR) is 120 cm³/mol. The lowest BCUT2D eigenvalue weighted by Crippen LogP contribution is -2.55. The number of carbonyl (C=O) groups excluding carboxylic acids is 1. The zero-order valence-electron chi connectivity index (χ0n) is 18.3. The molecule has 0 spiro atoms. The fraction of sp³-hybridized carbons (Fsp3) is 0.640. The van der Waals surface area contributed by atoms with Crippen LogP contribution in [0.25, 0.3) is 0 Å². The van der Waals surface area contributed by atoms with Crippen molar-refractivity contribution in [1.29, 1.82) is 10.7 Å². The highest BCUT2D eigenvalue weighted by molar-refractivity contribution is 6.14. The van der Waals surface area contributed by atoms with Gasteiger partial charge in [-0.2, -0.15) is 5.26 Å². The highest BCUT2D eigenvalue weighted by Gasteiger charge is 2.42. The van der Waals surface area contributed by atoms with Gasteiger partial charge in [0, 0.05) is 36.8 Å². The van der Waals surface area contributed by atoms with Crippen molar-refractivity contribution in [2.45, 2.75) is 82.7 Å². The molecule has 2 N–H and O–H groups in total. The second-order valence-corrected chi connectivity index (χ2v) is 9.45. The number of nitrogens with one attached hydrogen (secondary N) is 2. The molecule has 1 aromatic rings. The number of hydrogen-bond acceptors (Lipinski definition) is 4. The van der Waals surface area contributed by atoms with Crippen LogP contribution in [0.1, 0.15) is 81.8 Å². The van der Waals surface area contributed by atoms with Crippen molar-refractivity contribution in [1.82, 2.24) is 4.90 Å². The Kier molecular flexibility index (Phi) is 6.13. The highest BCUT2D eigenvalue weighted by atomic mass is 16.2. The summed E-state index contributed by atoms with van der Waals surface area (Å²) in [6.07, 6.45) is 9.20. The Balaban J connectivity index is 1.60. The average Bonchev–Trinajstić information content (AvgIpc) is 3.61. The molecule has 5 nitrogen and oxygen atoms in total. The molecule has 160 valence electrons. The van der Waals surface area contributed by atoms with Crippen LogP contribution in [0.15, 0.2) is 18.2 Å². The van der Waals surface area contributed by atoms with Crippen molar-refractivity contribution in [3.8, 4) is 6.07 Å². The Morgan fingerprint density at radius 1 is 1.30 bits per heavy atom. The van der Waals surface area contributed by atoms with Gasteiger partial charge in [-0.15, -0.1) is 0 Å². The maximum Gasteiger partial charge on any atom is 0.231 e. The average molecular weight is 407 g/mol. The third-order valence-electron chi connectivity index (χ3n) is 7.45. The van der Waals surface area contributed by atoms with Crippen molar-refractivity contribution < 1.29 is 4.79 Å². The lowest BCUT2D eigenvalue weighted by atomic mass is 9.75. The number of rotatable bonds is 7. The summed E-state index contributed by atoms with van der Waals surface area (Å²) in [6.45, 7) is 1.91. The second kappa shape index (κ2) is 8.79. The molecule has 30 heavy (non-hydrogen) atoms. The van der Waals surface area contributed by atoms with Crippen molar-refractivity contribution in [2.24, 2.45) is 11.8 Å². The van der Waals surface area contributed by atoms with Crippen LogP contribution in [-0.4, -0.2) is 35.7 Å². The van der Waals surface area contributed by atoms with Gasteiger partial charge in [0.15, 0.2) is 0 Å². The van der Waals surface area contributed by atoms with Gasteiger partial charge in [-0.25, -0.2) is 0 Å². The highest BCUT2D eigenvalue weighted by Crippen LogP contribution is 2.44. The molecular weight excluding hydrogens is 372 g/mol. The van der Waals surface area contributed by atoms with Crippen LogP contribution >= 0.6 is 0 Å². The molecule has 2 bridgehead atoms. The van der Waals surface area contributed by atoms with Crippen molar-refractivity contribution in [3.05, 3.63) is 29.3 Å². The monoisotopic (exact) mass is 406 g/mol. The van der Waals surface area contributed by atoms with Crippen molar-refractivity contribution in [3.63, 3.8) is 0 Å². The number of carbonyl (C=O) groups is 1. The summed E-state index contributed by atoms with van der Waals surface area (Å²) in [5.74, 6) is 0.826. The van der Waals surface area contributed by atoms with E-state index >= 15 is 0 Å². The molecule has 4 unspecified atom stereocenters. The molecule has 4 rings (SSSR count). The van der Waals surface area contributed by atoms with Gasteiger partial charge in [-0.1, -0.05) is 25.0 Å². The Morgan fingerprint density at radius 2 is 2.10 bits per heavy atom. The first-order valence-electron chi connectivity index (χ1n) is 11.6. The van der Waals surface area contributed by atoms with Gasteiger partial charge in [-0.05, 0) is 68.9 Å². The molecule has 0 aromatic heterocycles. The van der Waals surface area contributed by atoms with Crippen molar-refractivity contribution in [2.75, 3.05) is 12.4 Å². The van der Waals surface area contributed by atoms with E-state index in [2.05, 4.69) is 22.4 Å². The molecule has 3 aliphatic rings. The molecule has 1 aromatic carbocycles. The van der Waals surface area contributed by atoms with Crippen LogP contribution in [0.5, 0.6) is 0 Å². The van der Waals surface area contributed by atoms with E-state index in [1.54, 1.807) is 0 Å². The molecule has 1 amide bonds. The Morgan fingerprint density at radius 3 is 2.80 bits per heavy atom. The third kappa shape index (κ3) is 3.97.